The summed E-state index contributed by atoms with van der Waals surface area (Å²) in [7, 11) is 0. The first-order chi connectivity index (χ1) is 10.6. The summed E-state index contributed by atoms with van der Waals surface area (Å²) in [6.45, 7) is 4.45. The second-order valence-electron chi connectivity index (χ2n) is 5.12. The standard InChI is InChI=1S/C18H20ClNO2/c1-3-17(22-16-10-6-9-15(19)11-16)18(21)20-12-14-8-5-4-7-13(14)2/h4-11,17H,3,12H2,1-2H3,(H,20,21)/t17-/m1/s1. The summed E-state index contributed by atoms with van der Waals surface area (Å²) in [5.41, 5.74) is 2.26. The van der Waals surface area contributed by atoms with Crippen LogP contribution in [0, 0.1) is 6.92 Å². The van der Waals surface area contributed by atoms with Gasteiger partial charge in [-0.2, -0.15) is 0 Å². The highest BCUT2D eigenvalue weighted by molar-refractivity contribution is 6.30. The van der Waals surface area contributed by atoms with Crippen LogP contribution in [0.1, 0.15) is 24.5 Å². The van der Waals surface area contributed by atoms with E-state index in [4.69, 9.17) is 16.3 Å². The number of rotatable bonds is 6. The van der Waals surface area contributed by atoms with Gasteiger partial charge in [0.25, 0.3) is 5.91 Å². The van der Waals surface area contributed by atoms with Crippen molar-refractivity contribution in [3.05, 3.63) is 64.7 Å². The third kappa shape index (κ3) is 4.50. The van der Waals surface area contributed by atoms with Gasteiger partial charge >= 0.3 is 0 Å². The van der Waals surface area contributed by atoms with E-state index in [-0.39, 0.29) is 5.91 Å². The van der Waals surface area contributed by atoms with Crippen LogP contribution in [0.25, 0.3) is 0 Å². The van der Waals surface area contributed by atoms with Crippen LogP contribution in [0.3, 0.4) is 0 Å². The fourth-order valence-corrected chi connectivity index (χ4v) is 2.31. The first-order valence-corrected chi connectivity index (χ1v) is 7.72. The molecule has 1 amide bonds. The molecule has 116 valence electrons. The quantitative estimate of drug-likeness (QED) is 0.870. The average molecular weight is 318 g/mol. The molecule has 0 aromatic heterocycles. The van der Waals surface area contributed by atoms with E-state index in [9.17, 15) is 4.79 Å². The number of ether oxygens (including phenoxy) is 1. The highest BCUT2D eigenvalue weighted by Gasteiger charge is 2.18. The molecular formula is C18H20ClNO2. The lowest BCUT2D eigenvalue weighted by molar-refractivity contribution is -0.128. The zero-order chi connectivity index (χ0) is 15.9. The molecule has 2 aromatic rings. The molecular weight excluding hydrogens is 298 g/mol. The second-order valence-corrected chi connectivity index (χ2v) is 5.55. The molecule has 0 bridgehead atoms. The Morgan fingerprint density at radius 1 is 1.23 bits per heavy atom. The Morgan fingerprint density at radius 2 is 2.00 bits per heavy atom. The minimum atomic E-state index is -0.525. The third-order valence-corrected chi connectivity index (χ3v) is 3.69. The largest absolute Gasteiger partial charge is 0.481 e. The van der Waals surface area contributed by atoms with E-state index in [1.807, 2.05) is 38.1 Å². The third-order valence-electron chi connectivity index (χ3n) is 3.45. The van der Waals surface area contributed by atoms with Crippen LogP contribution < -0.4 is 10.1 Å². The zero-order valence-corrected chi connectivity index (χ0v) is 13.6. The van der Waals surface area contributed by atoms with Crippen LogP contribution in [0.5, 0.6) is 5.75 Å². The fraction of sp³-hybridized carbons (Fsp3) is 0.278. The van der Waals surface area contributed by atoms with Crippen molar-refractivity contribution >= 4 is 17.5 Å². The van der Waals surface area contributed by atoms with Gasteiger partial charge in [0.05, 0.1) is 0 Å². The lowest BCUT2D eigenvalue weighted by atomic mass is 10.1. The van der Waals surface area contributed by atoms with Gasteiger partial charge in [-0.15, -0.1) is 0 Å². The van der Waals surface area contributed by atoms with Crippen molar-refractivity contribution in [2.45, 2.75) is 32.9 Å². The lowest BCUT2D eigenvalue weighted by Gasteiger charge is -2.18. The van der Waals surface area contributed by atoms with Gasteiger partial charge in [-0.1, -0.05) is 48.9 Å². The maximum absolute atomic E-state index is 12.3. The molecule has 0 heterocycles. The predicted octanol–water partition coefficient (Wildman–Crippen LogP) is 4.12. The Hall–Kier alpha value is -2.00. The molecule has 0 spiro atoms. The monoisotopic (exact) mass is 317 g/mol. The molecule has 0 unspecified atom stereocenters. The lowest BCUT2D eigenvalue weighted by Crippen LogP contribution is -2.37. The first kappa shape index (κ1) is 16.4. The van der Waals surface area contributed by atoms with Crippen LogP contribution in [0.2, 0.25) is 5.02 Å². The summed E-state index contributed by atoms with van der Waals surface area (Å²) in [5, 5.41) is 3.52. The molecule has 2 aromatic carbocycles. The fourth-order valence-electron chi connectivity index (χ4n) is 2.13. The van der Waals surface area contributed by atoms with Crippen LogP contribution >= 0.6 is 11.6 Å². The molecule has 1 N–H and O–H groups in total. The molecule has 0 saturated carbocycles. The first-order valence-electron chi connectivity index (χ1n) is 7.34. The number of benzene rings is 2. The molecule has 2 rings (SSSR count). The number of nitrogens with one attached hydrogen (secondary N) is 1. The van der Waals surface area contributed by atoms with E-state index in [0.717, 1.165) is 11.1 Å². The molecule has 3 nitrogen and oxygen atoms in total. The number of hydrogen-bond acceptors (Lipinski definition) is 2. The van der Waals surface area contributed by atoms with Crippen molar-refractivity contribution in [2.24, 2.45) is 0 Å². The Labute approximate surface area is 136 Å². The maximum Gasteiger partial charge on any atom is 0.261 e. The number of carbonyl (C=O) groups is 1. The average Bonchev–Trinajstić information content (AvgIpc) is 2.51. The molecule has 4 heteroatoms. The van der Waals surface area contributed by atoms with Gasteiger partial charge in [0.2, 0.25) is 0 Å². The van der Waals surface area contributed by atoms with E-state index in [2.05, 4.69) is 5.32 Å². The number of carbonyl (C=O) groups excluding carboxylic acids is 1. The normalized spacial score (nSPS) is 11.8. The maximum atomic E-state index is 12.3. The predicted molar refractivity (Wildman–Crippen MR) is 89.2 cm³/mol. The van der Waals surface area contributed by atoms with Crippen molar-refractivity contribution in [1.29, 1.82) is 0 Å². The highest BCUT2D eigenvalue weighted by atomic mass is 35.5. The van der Waals surface area contributed by atoms with Crippen molar-refractivity contribution < 1.29 is 9.53 Å². The summed E-state index contributed by atoms with van der Waals surface area (Å²) in [4.78, 5) is 12.3. The summed E-state index contributed by atoms with van der Waals surface area (Å²) in [5.74, 6) is 0.483. The summed E-state index contributed by atoms with van der Waals surface area (Å²) in [6, 6.07) is 15.1. The molecule has 0 saturated heterocycles. The van der Waals surface area contributed by atoms with Gasteiger partial charge < -0.3 is 10.1 Å². The number of amides is 1. The van der Waals surface area contributed by atoms with Gasteiger partial charge in [0.15, 0.2) is 6.10 Å². The number of hydrogen-bond donors (Lipinski definition) is 1. The number of aryl methyl sites for hydroxylation is 1. The molecule has 0 fully saturated rings. The minimum absolute atomic E-state index is 0.120. The molecule has 0 aliphatic rings. The van der Waals surface area contributed by atoms with Crippen molar-refractivity contribution in [3.8, 4) is 5.75 Å². The highest BCUT2D eigenvalue weighted by Crippen LogP contribution is 2.19. The van der Waals surface area contributed by atoms with Crippen molar-refractivity contribution in [1.82, 2.24) is 5.32 Å². The number of halogens is 1. The Bertz CT molecular complexity index is 642. The molecule has 0 radical (unpaired) electrons. The summed E-state index contributed by atoms with van der Waals surface area (Å²) in [6.07, 6.45) is 0.0639. The van der Waals surface area contributed by atoms with E-state index < -0.39 is 6.10 Å². The van der Waals surface area contributed by atoms with Crippen molar-refractivity contribution in [2.75, 3.05) is 0 Å². The Morgan fingerprint density at radius 3 is 2.68 bits per heavy atom. The Kier molecular flexibility index (Phi) is 5.84. The SMILES string of the molecule is CC[C@@H](Oc1cccc(Cl)c1)C(=O)NCc1ccccc1C. The van der Waals surface area contributed by atoms with Crippen LogP contribution in [0.15, 0.2) is 48.5 Å². The second kappa shape index (κ2) is 7.85. The zero-order valence-electron chi connectivity index (χ0n) is 12.8. The Balaban J connectivity index is 1.96. The van der Waals surface area contributed by atoms with Crippen LogP contribution in [0.4, 0.5) is 0 Å². The molecule has 1 atom stereocenters. The van der Waals surface area contributed by atoms with E-state index in [1.165, 1.54) is 0 Å². The van der Waals surface area contributed by atoms with Gasteiger partial charge in [0, 0.05) is 11.6 Å². The van der Waals surface area contributed by atoms with Gasteiger partial charge in [0.1, 0.15) is 5.75 Å². The van der Waals surface area contributed by atoms with Crippen molar-refractivity contribution in [3.63, 3.8) is 0 Å². The van der Waals surface area contributed by atoms with Gasteiger partial charge in [-0.3, -0.25) is 4.79 Å². The van der Waals surface area contributed by atoms with E-state index >= 15 is 0 Å². The topological polar surface area (TPSA) is 38.3 Å². The molecule has 22 heavy (non-hydrogen) atoms. The van der Waals surface area contributed by atoms with Gasteiger partial charge in [-0.05, 0) is 42.7 Å². The smallest absolute Gasteiger partial charge is 0.261 e. The van der Waals surface area contributed by atoms with E-state index in [1.54, 1.807) is 24.3 Å². The summed E-state index contributed by atoms with van der Waals surface area (Å²) < 4.78 is 5.73. The molecule has 0 aliphatic heterocycles. The van der Waals surface area contributed by atoms with E-state index in [0.29, 0.717) is 23.7 Å². The van der Waals surface area contributed by atoms with Crippen LogP contribution in [-0.4, -0.2) is 12.0 Å². The van der Waals surface area contributed by atoms with Crippen LogP contribution in [-0.2, 0) is 11.3 Å². The summed E-state index contributed by atoms with van der Waals surface area (Å²) >= 11 is 5.93. The minimum Gasteiger partial charge on any atom is -0.481 e. The van der Waals surface area contributed by atoms with Gasteiger partial charge in [-0.25, -0.2) is 0 Å². The molecule has 0 aliphatic carbocycles.